The van der Waals surface area contributed by atoms with Gasteiger partial charge in [-0.2, -0.15) is 0 Å². The van der Waals surface area contributed by atoms with Crippen molar-refractivity contribution in [2.45, 2.75) is 66.2 Å². The number of ether oxygens (including phenoxy) is 4. The summed E-state index contributed by atoms with van der Waals surface area (Å²) in [5.41, 5.74) is -1.45. The lowest BCUT2D eigenvalue weighted by Crippen LogP contribution is -2.29. The van der Waals surface area contributed by atoms with Gasteiger partial charge in [0.1, 0.15) is 11.1 Å². The zero-order valence-electron chi connectivity index (χ0n) is 25.5. The minimum Gasteiger partial charge on any atom is -0.461 e. The van der Waals surface area contributed by atoms with Crippen molar-refractivity contribution in [1.82, 2.24) is 0 Å². The van der Waals surface area contributed by atoms with Crippen molar-refractivity contribution in [2.24, 2.45) is 22.7 Å². The molecule has 2 aliphatic rings. The molecule has 4 rings (SSSR count). The number of hydrogen-bond donors (Lipinski definition) is 0. The number of carbonyl (C=O) groups excluding carboxylic acids is 4. The van der Waals surface area contributed by atoms with Crippen molar-refractivity contribution in [3.05, 3.63) is 53.4 Å². The van der Waals surface area contributed by atoms with Crippen LogP contribution in [0.15, 0.2) is 12.1 Å². The summed E-state index contributed by atoms with van der Waals surface area (Å²) in [6.45, 7) is 8.30. The third-order valence-corrected chi connectivity index (χ3v) is 11.6. The van der Waals surface area contributed by atoms with E-state index in [9.17, 15) is 19.2 Å². The quantitative estimate of drug-likeness (QED) is 0.113. The van der Waals surface area contributed by atoms with E-state index in [1.54, 1.807) is 0 Å². The van der Waals surface area contributed by atoms with Crippen molar-refractivity contribution < 1.29 is 38.1 Å². The van der Waals surface area contributed by atoms with Crippen LogP contribution in [0, 0.1) is 22.7 Å². The molecule has 8 nitrogen and oxygen atoms in total. The van der Waals surface area contributed by atoms with Crippen LogP contribution in [0.25, 0.3) is 0 Å². The number of rotatable bonds is 8. The Hall–Kier alpha value is -1.94. The first-order valence-electron chi connectivity index (χ1n) is 14.6. The second kappa shape index (κ2) is 14.7. The molecule has 0 aromatic heterocycles. The van der Waals surface area contributed by atoms with Crippen LogP contribution >= 0.6 is 69.6 Å². The molecule has 250 valence electrons. The lowest BCUT2D eigenvalue weighted by Gasteiger charge is -2.28. The van der Waals surface area contributed by atoms with Crippen molar-refractivity contribution >= 4 is 93.5 Å². The normalized spacial score (nSPS) is 24.0. The second-order valence-electron chi connectivity index (χ2n) is 12.5. The van der Waals surface area contributed by atoms with Crippen LogP contribution < -0.4 is 9.47 Å². The smallest absolute Gasteiger partial charge is 0.423 e. The molecule has 4 atom stereocenters. The Morgan fingerprint density at radius 1 is 0.652 bits per heavy atom. The summed E-state index contributed by atoms with van der Waals surface area (Å²) >= 11 is 37.5. The standard InChI is InChI=1S/C32H32Cl6O8/c1-15-7-5-9-31(15,3)13-43-27(39)21-23(37)17(33)11-19(35)25(21)45-29(41)30(42)46-26-20(36)12-18(34)24(38)22(26)28(40)44-14-32(4)10-6-8-16(32)2/h11-12,15-16H,5-10,13-14H2,1-4H3. The first kappa shape index (κ1) is 36.9. The monoisotopic (exact) mass is 754 g/mol. The summed E-state index contributed by atoms with van der Waals surface area (Å²) in [6.07, 6.45) is 5.66. The first-order valence-corrected chi connectivity index (χ1v) is 16.9. The van der Waals surface area contributed by atoms with Crippen molar-refractivity contribution in [3.63, 3.8) is 0 Å². The molecule has 4 unspecified atom stereocenters. The number of carbonyl (C=O) groups is 4. The van der Waals surface area contributed by atoms with E-state index in [1.165, 1.54) is 0 Å². The Morgan fingerprint density at radius 3 is 1.30 bits per heavy atom. The molecule has 2 aromatic carbocycles. The topological polar surface area (TPSA) is 105 Å². The van der Waals surface area contributed by atoms with Gasteiger partial charge in [0.05, 0.1) is 43.3 Å². The molecule has 2 saturated carbocycles. The van der Waals surface area contributed by atoms with Gasteiger partial charge in [-0.15, -0.1) is 0 Å². The van der Waals surface area contributed by atoms with Crippen LogP contribution in [0.1, 0.15) is 86.9 Å². The van der Waals surface area contributed by atoms with Gasteiger partial charge in [-0.25, -0.2) is 19.2 Å². The van der Waals surface area contributed by atoms with Gasteiger partial charge in [-0.05, 0) is 36.8 Å². The summed E-state index contributed by atoms with van der Waals surface area (Å²) in [7, 11) is 0. The van der Waals surface area contributed by atoms with E-state index >= 15 is 0 Å². The van der Waals surface area contributed by atoms with E-state index in [2.05, 4.69) is 13.8 Å². The Balaban J connectivity index is 1.56. The highest BCUT2D eigenvalue weighted by molar-refractivity contribution is 6.47. The molecule has 2 fully saturated rings. The first-order chi connectivity index (χ1) is 21.5. The second-order valence-corrected chi connectivity index (χ2v) is 14.9. The predicted octanol–water partition coefficient (Wildman–Crippen LogP) is 10.1. The fourth-order valence-corrected chi connectivity index (χ4v) is 7.28. The molecule has 0 heterocycles. The van der Waals surface area contributed by atoms with Gasteiger partial charge in [0.15, 0.2) is 11.5 Å². The van der Waals surface area contributed by atoms with Gasteiger partial charge in [0.2, 0.25) is 0 Å². The zero-order chi connectivity index (χ0) is 34.1. The maximum Gasteiger partial charge on any atom is 0.423 e. The average Bonchev–Trinajstić information content (AvgIpc) is 3.51. The fourth-order valence-electron chi connectivity index (χ4n) is 5.84. The van der Waals surface area contributed by atoms with Crippen LogP contribution in [0.5, 0.6) is 11.5 Å². The Morgan fingerprint density at radius 2 is 1.00 bits per heavy atom. The van der Waals surface area contributed by atoms with Gasteiger partial charge in [0.25, 0.3) is 0 Å². The molecule has 0 amide bonds. The average molecular weight is 757 g/mol. The van der Waals surface area contributed by atoms with E-state index in [0.717, 1.165) is 50.7 Å². The summed E-state index contributed by atoms with van der Waals surface area (Å²) in [5.74, 6) is -5.76. The largest absolute Gasteiger partial charge is 0.461 e. The number of esters is 4. The van der Waals surface area contributed by atoms with Crippen LogP contribution in [-0.4, -0.2) is 37.1 Å². The van der Waals surface area contributed by atoms with Crippen molar-refractivity contribution in [3.8, 4) is 11.5 Å². The molecule has 0 radical (unpaired) electrons. The third kappa shape index (κ3) is 7.68. The maximum absolute atomic E-state index is 13.2. The van der Waals surface area contributed by atoms with Crippen LogP contribution in [0.2, 0.25) is 30.1 Å². The van der Waals surface area contributed by atoms with Crippen molar-refractivity contribution in [1.29, 1.82) is 0 Å². The molecule has 0 bridgehead atoms. The van der Waals surface area contributed by atoms with Crippen LogP contribution in [0.4, 0.5) is 0 Å². The van der Waals surface area contributed by atoms with Crippen LogP contribution in [-0.2, 0) is 19.1 Å². The summed E-state index contributed by atoms with van der Waals surface area (Å²) in [6, 6.07) is 2.26. The number of benzene rings is 2. The molecule has 0 saturated heterocycles. The maximum atomic E-state index is 13.2. The Kier molecular flexibility index (Phi) is 11.8. The van der Waals surface area contributed by atoms with Gasteiger partial charge < -0.3 is 18.9 Å². The fraction of sp³-hybridized carbons (Fsp3) is 0.500. The van der Waals surface area contributed by atoms with Gasteiger partial charge in [-0.3, -0.25) is 0 Å². The molecule has 0 aliphatic heterocycles. The van der Waals surface area contributed by atoms with Gasteiger partial charge >= 0.3 is 23.9 Å². The Bertz CT molecular complexity index is 1460. The van der Waals surface area contributed by atoms with Crippen molar-refractivity contribution in [2.75, 3.05) is 13.2 Å². The lowest BCUT2D eigenvalue weighted by molar-refractivity contribution is -0.156. The molecule has 2 aliphatic carbocycles. The molecule has 2 aromatic rings. The predicted molar refractivity (Wildman–Crippen MR) is 177 cm³/mol. The van der Waals surface area contributed by atoms with E-state index in [1.807, 2.05) is 13.8 Å². The summed E-state index contributed by atoms with van der Waals surface area (Å²) in [4.78, 5) is 52.5. The number of hydrogen-bond acceptors (Lipinski definition) is 8. The minimum absolute atomic E-state index is 0.0651. The highest BCUT2D eigenvalue weighted by Crippen LogP contribution is 2.46. The molecule has 0 spiro atoms. The lowest BCUT2D eigenvalue weighted by atomic mass is 9.82. The SMILES string of the molecule is CC1CCCC1(C)COC(=O)c1c(Cl)c(Cl)cc(Cl)c1OC(=O)C(=O)Oc1c(Cl)cc(Cl)c(Cl)c1C(=O)OCC1(C)CCCC1C. The molecule has 46 heavy (non-hydrogen) atoms. The van der Waals surface area contributed by atoms with E-state index in [0.29, 0.717) is 11.8 Å². The van der Waals surface area contributed by atoms with Crippen LogP contribution in [0.3, 0.4) is 0 Å². The highest BCUT2D eigenvalue weighted by atomic mass is 35.5. The highest BCUT2D eigenvalue weighted by Gasteiger charge is 2.39. The third-order valence-electron chi connectivity index (χ3n) is 9.43. The minimum atomic E-state index is -1.64. The molecular weight excluding hydrogens is 725 g/mol. The number of halogens is 6. The Labute approximate surface area is 297 Å². The van der Waals surface area contributed by atoms with Gasteiger partial charge in [0, 0.05) is 10.8 Å². The summed E-state index contributed by atoms with van der Waals surface area (Å²) in [5, 5.41) is -1.47. The van der Waals surface area contributed by atoms with Gasteiger partial charge in [-0.1, -0.05) is 123 Å². The van der Waals surface area contributed by atoms with E-state index in [-0.39, 0.29) is 54.2 Å². The summed E-state index contributed by atoms with van der Waals surface area (Å²) < 4.78 is 21.6. The molecule has 14 heteroatoms. The zero-order valence-corrected chi connectivity index (χ0v) is 30.0. The van der Waals surface area contributed by atoms with E-state index in [4.69, 9.17) is 88.6 Å². The van der Waals surface area contributed by atoms with E-state index < -0.39 is 46.5 Å². The molecular formula is C32H32Cl6O8. The molecule has 0 N–H and O–H groups in total.